The van der Waals surface area contributed by atoms with Gasteiger partial charge >= 0.3 is 0 Å². The summed E-state index contributed by atoms with van der Waals surface area (Å²) in [5.74, 6) is 0.428. The van der Waals surface area contributed by atoms with Crippen molar-refractivity contribution in [3.05, 3.63) is 70.5 Å². The fourth-order valence-corrected chi connectivity index (χ4v) is 2.77. The van der Waals surface area contributed by atoms with Crippen LogP contribution in [0.15, 0.2) is 48.5 Å². The minimum absolute atomic E-state index is 0.0176. The summed E-state index contributed by atoms with van der Waals surface area (Å²) in [5.41, 5.74) is 1.67. The molecule has 0 aromatic heterocycles. The molecule has 1 atom stereocenters. The first-order valence-corrected chi connectivity index (χ1v) is 7.65. The minimum Gasteiger partial charge on any atom is -0.293 e. The van der Waals surface area contributed by atoms with Crippen LogP contribution in [0.4, 0.5) is 4.39 Å². The first-order valence-electron chi connectivity index (χ1n) is 6.22. The zero-order chi connectivity index (χ0) is 14.5. The van der Waals surface area contributed by atoms with Crippen LogP contribution in [0.5, 0.6) is 0 Å². The lowest BCUT2D eigenvalue weighted by molar-refractivity contribution is 0.0994. The summed E-state index contributed by atoms with van der Waals surface area (Å²) in [6.45, 7) is 1.87. The highest BCUT2D eigenvalue weighted by Crippen LogP contribution is 2.22. The number of carbonyl (C=O) groups is 1. The molecule has 0 aliphatic heterocycles. The summed E-state index contributed by atoms with van der Waals surface area (Å²) >= 11 is 7.38. The maximum atomic E-state index is 12.8. The molecule has 0 N–H and O–H groups in total. The van der Waals surface area contributed by atoms with Crippen LogP contribution in [0, 0.1) is 5.82 Å². The molecule has 2 rings (SSSR count). The number of benzene rings is 2. The molecule has 2 aromatic rings. The Balaban J connectivity index is 1.94. The van der Waals surface area contributed by atoms with Crippen molar-refractivity contribution in [2.75, 3.05) is 0 Å². The predicted molar refractivity (Wildman–Crippen MR) is 82.9 cm³/mol. The normalized spacial score (nSPS) is 12.2. The van der Waals surface area contributed by atoms with Gasteiger partial charge in [-0.2, -0.15) is 0 Å². The first-order chi connectivity index (χ1) is 9.56. The molecule has 0 amide bonds. The average Bonchev–Trinajstić information content (AvgIpc) is 2.46. The molecule has 4 heteroatoms. The van der Waals surface area contributed by atoms with E-state index in [1.54, 1.807) is 11.8 Å². The van der Waals surface area contributed by atoms with Crippen LogP contribution >= 0.6 is 23.4 Å². The highest BCUT2D eigenvalue weighted by Gasteiger charge is 2.15. The van der Waals surface area contributed by atoms with E-state index in [2.05, 4.69) is 0 Å². The summed E-state index contributed by atoms with van der Waals surface area (Å²) in [4.78, 5) is 12.2. The van der Waals surface area contributed by atoms with Crippen LogP contribution in [0.2, 0.25) is 5.02 Å². The fraction of sp³-hybridized carbons (Fsp3) is 0.188. The van der Waals surface area contributed by atoms with Crippen LogP contribution in [0.3, 0.4) is 0 Å². The van der Waals surface area contributed by atoms with Gasteiger partial charge in [0.2, 0.25) is 0 Å². The summed E-state index contributed by atoms with van der Waals surface area (Å²) in [5, 5.41) is 0.533. The average molecular weight is 309 g/mol. The molecule has 0 spiro atoms. The largest absolute Gasteiger partial charge is 0.293 e. The van der Waals surface area contributed by atoms with E-state index in [1.165, 1.54) is 24.3 Å². The van der Waals surface area contributed by atoms with Gasteiger partial charge in [-0.05, 0) is 48.9 Å². The summed E-state index contributed by atoms with van der Waals surface area (Å²) in [7, 11) is 0. The van der Waals surface area contributed by atoms with Crippen LogP contribution < -0.4 is 0 Å². The fourth-order valence-electron chi connectivity index (χ4n) is 1.73. The van der Waals surface area contributed by atoms with Crippen molar-refractivity contribution in [3.8, 4) is 0 Å². The highest BCUT2D eigenvalue weighted by atomic mass is 35.5. The zero-order valence-electron chi connectivity index (χ0n) is 11.0. The number of Topliss-reactive ketones (excluding diaryl/α,β-unsaturated/α-hetero) is 1. The van der Waals surface area contributed by atoms with Crippen molar-refractivity contribution in [2.45, 2.75) is 17.9 Å². The van der Waals surface area contributed by atoms with Crippen molar-refractivity contribution in [1.29, 1.82) is 0 Å². The Hall–Kier alpha value is -1.32. The van der Waals surface area contributed by atoms with Crippen LogP contribution in [-0.4, -0.2) is 11.0 Å². The molecule has 104 valence electrons. The number of hydrogen-bond acceptors (Lipinski definition) is 2. The molecular formula is C16H14ClFOS. The summed E-state index contributed by atoms with van der Waals surface area (Å²) in [6, 6.07) is 13.2. The van der Waals surface area contributed by atoms with E-state index in [0.717, 1.165) is 11.3 Å². The molecule has 0 bridgehead atoms. The van der Waals surface area contributed by atoms with Gasteiger partial charge in [-0.1, -0.05) is 23.7 Å². The van der Waals surface area contributed by atoms with Gasteiger partial charge < -0.3 is 0 Å². The lowest BCUT2D eigenvalue weighted by Gasteiger charge is -2.10. The maximum absolute atomic E-state index is 12.8. The van der Waals surface area contributed by atoms with E-state index in [1.807, 2.05) is 31.2 Å². The third kappa shape index (κ3) is 4.09. The number of ketones is 1. The Morgan fingerprint density at radius 2 is 1.75 bits per heavy atom. The second kappa shape index (κ2) is 6.91. The Bertz CT molecular complexity index is 580. The van der Waals surface area contributed by atoms with Crippen LogP contribution in [0.25, 0.3) is 0 Å². The van der Waals surface area contributed by atoms with Gasteiger partial charge in [-0.3, -0.25) is 4.79 Å². The third-order valence-corrected chi connectivity index (χ3v) is 4.38. The standard InChI is InChI=1S/C16H14ClFOS/c1-11(16(19)13-4-8-15(18)9-5-13)20-10-12-2-6-14(17)7-3-12/h2-9,11H,10H2,1H3. The lowest BCUT2D eigenvalue weighted by atomic mass is 10.1. The Labute approximate surface area is 127 Å². The lowest BCUT2D eigenvalue weighted by Crippen LogP contribution is -2.13. The predicted octanol–water partition coefficient (Wildman–Crippen LogP) is 4.98. The van der Waals surface area contributed by atoms with E-state index in [-0.39, 0.29) is 16.9 Å². The molecular weight excluding hydrogens is 295 g/mol. The SMILES string of the molecule is CC(SCc1ccc(Cl)cc1)C(=O)c1ccc(F)cc1. The van der Waals surface area contributed by atoms with Crippen molar-refractivity contribution in [3.63, 3.8) is 0 Å². The molecule has 1 nitrogen and oxygen atoms in total. The molecule has 0 fully saturated rings. The molecule has 0 saturated carbocycles. The molecule has 0 aliphatic rings. The number of hydrogen-bond donors (Lipinski definition) is 0. The Morgan fingerprint density at radius 3 is 2.35 bits per heavy atom. The van der Waals surface area contributed by atoms with Crippen LogP contribution in [0.1, 0.15) is 22.8 Å². The monoisotopic (exact) mass is 308 g/mol. The van der Waals surface area contributed by atoms with Gasteiger partial charge in [0.1, 0.15) is 5.82 Å². The summed E-state index contributed by atoms with van der Waals surface area (Å²) in [6.07, 6.45) is 0. The molecule has 20 heavy (non-hydrogen) atoms. The molecule has 2 aromatic carbocycles. The number of rotatable bonds is 5. The first kappa shape index (κ1) is 15.1. The molecule has 0 heterocycles. The second-order valence-corrected chi connectivity index (χ2v) is 6.22. The van der Waals surface area contributed by atoms with Crippen molar-refractivity contribution < 1.29 is 9.18 Å². The zero-order valence-corrected chi connectivity index (χ0v) is 12.5. The van der Waals surface area contributed by atoms with Crippen molar-refractivity contribution in [1.82, 2.24) is 0 Å². The number of halogens is 2. The van der Waals surface area contributed by atoms with Gasteiger partial charge in [0, 0.05) is 16.3 Å². The van der Waals surface area contributed by atoms with Crippen molar-refractivity contribution >= 4 is 29.1 Å². The molecule has 0 radical (unpaired) electrons. The van der Waals surface area contributed by atoms with Gasteiger partial charge in [0.15, 0.2) is 5.78 Å². The van der Waals surface area contributed by atoms with E-state index < -0.39 is 0 Å². The molecule has 1 unspecified atom stereocenters. The smallest absolute Gasteiger partial charge is 0.175 e. The van der Waals surface area contributed by atoms with Gasteiger partial charge in [0.25, 0.3) is 0 Å². The third-order valence-electron chi connectivity index (χ3n) is 2.91. The molecule has 0 saturated heterocycles. The highest BCUT2D eigenvalue weighted by molar-refractivity contribution is 7.99. The summed E-state index contributed by atoms with van der Waals surface area (Å²) < 4.78 is 12.8. The van der Waals surface area contributed by atoms with Gasteiger partial charge in [0.05, 0.1) is 5.25 Å². The topological polar surface area (TPSA) is 17.1 Å². The van der Waals surface area contributed by atoms with Crippen LogP contribution in [-0.2, 0) is 5.75 Å². The maximum Gasteiger partial charge on any atom is 0.175 e. The van der Waals surface area contributed by atoms with E-state index >= 15 is 0 Å². The van der Waals surface area contributed by atoms with Gasteiger partial charge in [-0.25, -0.2) is 4.39 Å². The van der Waals surface area contributed by atoms with E-state index in [4.69, 9.17) is 11.6 Å². The second-order valence-electron chi connectivity index (χ2n) is 4.45. The number of thioether (sulfide) groups is 1. The van der Waals surface area contributed by atoms with Gasteiger partial charge in [-0.15, -0.1) is 11.8 Å². The number of carbonyl (C=O) groups excluding carboxylic acids is 1. The van der Waals surface area contributed by atoms with E-state index in [9.17, 15) is 9.18 Å². The van der Waals surface area contributed by atoms with Crippen molar-refractivity contribution in [2.24, 2.45) is 0 Å². The Morgan fingerprint density at radius 1 is 1.15 bits per heavy atom. The quantitative estimate of drug-likeness (QED) is 0.724. The minimum atomic E-state index is -0.331. The molecule has 0 aliphatic carbocycles. The van der Waals surface area contributed by atoms with E-state index in [0.29, 0.717) is 10.6 Å². The Kier molecular flexibility index (Phi) is 5.21.